The summed E-state index contributed by atoms with van der Waals surface area (Å²) in [5.74, 6) is -0.125. The van der Waals surface area contributed by atoms with Crippen LogP contribution >= 0.6 is 22.7 Å². The largest absolute Gasteiger partial charge is 0.400 e. The first-order valence-electron chi connectivity index (χ1n) is 34.7. The number of benzene rings is 10. The molecule has 0 N–H and O–H groups in total. The van der Waals surface area contributed by atoms with Crippen LogP contribution in [-0.2, 0) is 32.5 Å². The van der Waals surface area contributed by atoms with Crippen LogP contribution in [0.1, 0.15) is 197 Å². The Bertz CT molecular complexity index is 5120. The Kier molecular flexibility index (Phi) is 12.0. The number of anilines is 4. The molecular formula is C88H85BN2S2. The van der Waals surface area contributed by atoms with E-state index in [0.29, 0.717) is 0 Å². The zero-order valence-electron chi connectivity index (χ0n) is 56.9. The fourth-order valence-electron chi connectivity index (χ4n) is 19.1. The molecule has 12 aromatic rings. The van der Waals surface area contributed by atoms with Crippen molar-refractivity contribution in [3.8, 4) is 33.4 Å². The van der Waals surface area contributed by atoms with Gasteiger partial charge in [-0.05, 0) is 192 Å². The van der Waals surface area contributed by atoms with Gasteiger partial charge in [0.05, 0.1) is 5.69 Å². The Labute approximate surface area is 559 Å². The molecule has 5 heteroatoms. The molecule has 0 saturated heterocycles. The van der Waals surface area contributed by atoms with Crippen LogP contribution in [0.5, 0.6) is 0 Å². The van der Waals surface area contributed by atoms with E-state index in [2.05, 4.69) is 289 Å². The minimum Gasteiger partial charge on any atom is -0.400 e. The minimum absolute atomic E-state index is 0.0624. The lowest BCUT2D eigenvalue weighted by atomic mass is 9.41. The average Bonchev–Trinajstić information content (AvgIpc) is 1.55. The average molecular weight is 1250 g/mol. The summed E-state index contributed by atoms with van der Waals surface area (Å²) >= 11 is 3.94. The summed E-state index contributed by atoms with van der Waals surface area (Å²) in [6.07, 6.45) is 7.15. The number of fused-ring (bicyclic) bond motifs is 17. The molecule has 18 rings (SSSR count). The summed E-state index contributed by atoms with van der Waals surface area (Å²) < 4.78 is 5.41. The lowest BCUT2D eigenvalue weighted by Crippen LogP contribution is -2.70. The van der Waals surface area contributed by atoms with Crippen molar-refractivity contribution in [2.24, 2.45) is 0 Å². The third-order valence-corrected chi connectivity index (χ3v) is 27.2. The SMILES string of the molecule is CC(C)(C)c1ccc(N2c3cc4c(cc3B3c5c(cc(C(c6cccc7c6sc6ccccc67)c6cccc7c6sc6ccccc67)cc52)-c2cc(C(C)(C)C)cc5c2N3C2(C)CCCCC52C)C(C)(C)c2cc3c(cc2-4)C(C)(C)CCC3(C)C)c(-c2ccccc2)c1. The van der Waals surface area contributed by atoms with E-state index in [1.165, 1.54) is 184 Å². The molecular weight excluding hydrogens is 1160 g/mol. The molecule has 0 spiro atoms. The Morgan fingerprint density at radius 1 is 0.430 bits per heavy atom. The van der Waals surface area contributed by atoms with Crippen LogP contribution in [0.15, 0.2) is 182 Å². The third kappa shape index (κ3) is 7.93. The van der Waals surface area contributed by atoms with Crippen molar-refractivity contribution in [2.75, 3.05) is 9.71 Å². The quantitative estimate of drug-likeness (QED) is 0.125. The second-order valence-corrected chi connectivity index (χ2v) is 35.4. The van der Waals surface area contributed by atoms with Crippen LogP contribution in [0, 0.1) is 0 Å². The van der Waals surface area contributed by atoms with Crippen molar-refractivity contribution < 1.29 is 0 Å². The molecule has 1 saturated carbocycles. The number of hydrogen-bond donors (Lipinski definition) is 0. The van der Waals surface area contributed by atoms with E-state index in [0.717, 1.165) is 6.42 Å². The maximum absolute atomic E-state index is 3.09. The van der Waals surface area contributed by atoms with Gasteiger partial charge in [-0.15, -0.1) is 22.7 Å². The molecule has 462 valence electrons. The van der Waals surface area contributed by atoms with Crippen LogP contribution < -0.4 is 20.6 Å². The van der Waals surface area contributed by atoms with Gasteiger partial charge in [-0.1, -0.05) is 236 Å². The van der Waals surface area contributed by atoms with Gasteiger partial charge in [0.2, 0.25) is 0 Å². The van der Waals surface area contributed by atoms with Gasteiger partial charge in [0, 0.05) is 90.8 Å². The van der Waals surface area contributed by atoms with Crippen LogP contribution in [0.2, 0.25) is 0 Å². The normalized spacial score (nSPS) is 20.3. The predicted molar refractivity (Wildman–Crippen MR) is 404 cm³/mol. The standard InChI is InChI=1S/C88H85BN2S2/c1-82(2,3)53-36-37-72(61(44-53)51-26-16-15-17-27-51)90-73-48-63-62-47-68-69(85(9,10)41-40-84(68,7)8)49-66(62)86(11,12)67(63)50-71(73)89-78-64(65-45-54(83(4,5)6)46-70-79(65)91(89)88(14)39-23-22-38-87(70,88)13)42-52(43-74(78)90)77(59-32-24-30-57-55-28-18-20-34-75(55)92-80(57)59)60-33-25-31-58-56-29-19-21-35-76(56)93-81(58)60/h15-21,24-37,42-50,77H,22-23,38-41H2,1-14H3. The fraction of sp³-hybridized carbons (Fsp3) is 0.318. The highest BCUT2D eigenvalue weighted by Gasteiger charge is 2.63. The lowest BCUT2D eigenvalue weighted by Gasteiger charge is -2.55. The fourth-order valence-corrected chi connectivity index (χ4v) is 21.6. The molecule has 0 radical (unpaired) electrons. The maximum Gasteiger partial charge on any atom is 0.328 e. The van der Waals surface area contributed by atoms with Crippen molar-refractivity contribution >= 4 is 104 Å². The van der Waals surface area contributed by atoms with Crippen molar-refractivity contribution in [3.05, 3.63) is 238 Å². The Balaban J connectivity index is 1.02. The van der Waals surface area contributed by atoms with E-state index in [-0.39, 0.29) is 50.8 Å². The molecule has 2 atom stereocenters. The van der Waals surface area contributed by atoms with Crippen LogP contribution in [0.3, 0.4) is 0 Å². The van der Waals surface area contributed by atoms with Gasteiger partial charge in [0.15, 0.2) is 0 Å². The topological polar surface area (TPSA) is 6.48 Å². The highest BCUT2D eigenvalue weighted by Crippen LogP contribution is 2.65. The van der Waals surface area contributed by atoms with Crippen LogP contribution in [0.4, 0.5) is 22.7 Å². The Morgan fingerprint density at radius 3 is 1.65 bits per heavy atom. The summed E-state index contributed by atoms with van der Waals surface area (Å²) in [6, 6.07) is 73.4. The molecule has 5 heterocycles. The molecule has 10 aromatic carbocycles. The molecule has 6 aliphatic rings. The Hall–Kier alpha value is -7.70. The van der Waals surface area contributed by atoms with Gasteiger partial charge in [-0.25, -0.2) is 0 Å². The zero-order chi connectivity index (χ0) is 64.0. The van der Waals surface area contributed by atoms with Gasteiger partial charge in [0.25, 0.3) is 0 Å². The summed E-state index contributed by atoms with van der Waals surface area (Å²) in [6.45, 7) is 34.9. The zero-order valence-corrected chi connectivity index (χ0v) is 58.6. The molecule has 0 bridgehead atoms. The monoisotopic (exact) mass is 1240 g/mol. The number of rotatable bonds is 5. The highest BCUT2D eigenvalue weighted by atomic mass is 32.1. The first-order valence-corrected chi connectivity index (χ1v) is 36.3. The highest BCUT2D eigenvalue weighted by molar-refractivity contribution is 7.26. The van der Waals surface area contributed by atoms with Gasteiger partial charge in [0.1, 0.15) is 0 Å². The predicted octanol–water partition coefficient (Wildman–Crippen LogP) is 23.5. The molecule has 1 fully saturated rings. The smallest absolute Gasteiger partial charge is 0.328 e. The van der Waals surface area contributed by atoms with E-state index in [1.54, 1.807) is 11.1 Å². The lowest BCUT2D eigenvalue weighted by molar-refractivity contribution is 0.199. The molecule has 2 unspecified atom stereocenters. The number of hydrogen-bond acceptors (Lipinski definition) is 4. The molecule has 3 aliphatic carbocycles. The third-order valence-electron chi connectivity index (χ3n) is 24.7. The molecule has 3 aliphatic heterocycles. The second kappa shape index (κ2) is 19.3. The van der Waals surface area contributed by atoms with Gasteiger partial charge >= 0.3 is 6.85 Å². The van der Waals surface area contributed by atoms with Crippen molar-refractivity contribution in [3.63, 3.8) is 0 Å². The van der Waals surface area contributed by atoms with E-state index in [4.69, 9.17) is 0 Å². The second-order valence-electron chi connectivity index (χ2n) is 33.3. The van der Waals surface area contributed by atoms with Crippen molar-refractivity contribution in [2.45, 2.75) is 179 Å². The summed E-state index contributed by atoms with van der Waals surface area (Å²) in [7, 11) is 0. The van der Waals surface area contributed by atoms with Crippen molar-refractivity contribution in [1.29, 1.82) is 0 Å². The van der Waals surface area contributed by atoms with Crippen molar-refractivity contribution in [1.82, 2.24) is 0 Å². The summed E-state index contributed by atoms with van der Waals surface area (Å²) in [4.78, 5) is 5.92. The molecule has 93 heavy (non-hydrogen) atoms. The maximum atomic E-state index is 3.09. The molecule has 0 amide bonds. The van der Waals surface area contributed by atoms with E-state index < -0.39 is 0 Å². The van der Waals surface area contributed by atoms with Crippen LogP contribution in [-0.4, -0.2) is 12.4 Å². The van der Waals surface area contributed by atoms with Gasteiger partial charge < -0.3 is 9.71 Å². The van der Waals surface area contributed by atoms with E-state index in [1.807, 2.05) is 22.7 Å². The number of nitrogens with zero attached hydrogens (tertiary/aromatic N) is 2. The minimum atomic E-state index is -0.240. The molecule has 2 aromatic heterocycles. The van der Waals surface area contributed by atoms with Gasteiger partial charge in [-0.2, -0.15) is 0 Å². The van der Waals surface area contributed by atoms with E-state index >= 15 is 0 Å². The summed E-state index contributed by atoms with van der Waals surface area (Å²) in [5.41, 5.74) is 30.1. The first kappa shape index (κ1) is 57.9. The van der Waals surface area contributed by atoms with Crippen LogP contribution in [0.25, 0.3) is 73.7 Å². The first-order chi connectivity index (χ1) is 44.4. The van der Waals surface area contributed by atoms with Gasteiger partial charge in [-0.3, -0.25) is 0 Å². The van der Waals surface area contributed by atoms with E-state index in [9.17, 15) is 0 Å². The molecule has 2 nitrogen and oxygen atoms in total. The summed E-state index contributed by atoms with van der Waals surface area (Å²) in [5, 5.41) is 5.34. The Morgan fingerprint density at radius 2 is 1.00 bits per heavy atom. The number of thiophene rings is 2.